The standard InChI is InChI=1S/C30H30F4N4O3/c31-21-4-6-22(7-5-21)36-27-10-3-20(13-19(27)15-35)29(41,30(32,33)34)26-17-38(16-24(40)18-39)28-14-23(8-9-25(26)28)37-11-1-2-12-37/h3-10,13-15,17,24,35-36,39-41H,1-2,11-12,16,18H2/p+1. The van der Waals surface area contributed by atoms with Crippen molar-refractivity contribution in [3.8, 4) is 0 Å². The van der Waals surface area contributed by atoms with E-state index in [1.807, 2.05) is 0 Å². The number of aliphatic hydroxyl groups excluding tert-OH is 2. The van der Waals surface area contributed by atoms with E-state index in [1.165, 1.54) is 47.2 Å². The predicted molar refractivity (Wildman–Crippen MR) is 148 cm³/mol. The first-order chi connectivity index (χ1) is 19.5. The number of quaternary nitrogens is 1. The zero-order valence-corrected chi connectivity index (χ0v) is 22.1. The smallest absolute Gasteiger partial charge is 0.394 e. The highest BCUT2D eigenvalue weighted by atomic mass is 19.4. The number of nitrogens with zero attached hydrogens (tertiary/aromatic N) is 2. The van der Waals surface area contributed by atoms with E-state index in [4.69, 9.17) is 5.41 Å². The molecular weight excluding hydrogens is 540 g/mol. The molecule has 2 heterocycles. The number of alkyl halides is 3. The quantitative estimate of drug-likeness (QED) is 0.119. The van der Waals surface area contributed by atoms with Gasteiger partial charge in [0, 0.05) is 60.3 Å². The highest BCUT2D eigenvalue weighted by Gasteiger charge is 2.57. The van der Waals surface area contributed by atoms with E-state index >= 15 is 0 Å². The Morgan fingerprint density at radius 2 is 1.71 bits per heavy atom. The van der Waals surface area contributed by atoms with E-state index < -0.39 is 41.4 Å². The molecule has 2 unspecified atom stereocenters. The molecule has 0 saturated carbocycles. The lowest BCUT2D eigenvalue weighted by Gasteiger charge is -2.31. The molecule has 1 aliphatic heterocycles. The number of nitrogens with two attached hydrogens (primary N) is 1. The summed E-state index contributed by atoms with van der Waals surface area (Å²) < 4.78 is 59.5. The van der Waals surface area contributed by atoms with Crippen LogP contribution in [0.5, 0.6) is 0 Å². The maximum Gasteiger partial charge on any atom is 0.425 e. The molecule has 1 fully saturated rings. The number of nitrogens with one attached hydrogen (secondary N) is 1. The predicted octanol–water partition coefficient (Wildman–Crippen LogP) is 4.06. The number of hydrogen-bond donors (Lipinski definition) is 5. The van der Waals surface area contributed by atoms with Gasteiger partial charge in [0.05, 0.1) is 30.3 Å². The Morgan fingerprint density at radius 3 is 2.34 bits per heavy atom. The lowest BCUT2D eigenvalue weighted by molar-refractivity contribution is -0.478. The Hall–Kier alpha value is -3.77. The summed E-state index contributed by atoms with van der Waals surface area (Å²) in [5, 5.41) is 40.8. The van der Waals surface area contributed by atoms with Crippen molar-refractivity contribution in [2.45, 2.75) is 37.3 Å². The van der Waals surface area contributed by atoms with Gasteiger partial charge in [-0.25, -0.2) is 4.39 Å². The SMILES string of the molecule is N=Cc1cc(C(O)(c2cn(CC(O)CO)c3cc(N4CCCC4)ccc23)C(F)(F)F)ccc1[NH2+]c1ccc(F)cc1. The topological polar surface area (TPSA) is 109 Å². The molecule has 11 heteroatoms. The van der Waals surface area contributed by atoms with Crippen LogP contribution in [0.3, 0.4) is 0 Å². The Kier molecular flexibility index (Phi) is 7.89. The third-order valence-corrected chi connectivity index (χ3v) is 7.61. The van der Waals surface area contributed by atoms with Gasteiger partial charge in [-0.15, -0.1) is 0 Å². The maximum atomic E-state index is 14.9. The lowest BCUT2D eigenvalue weighted by atomic mass is 9.84. The number of hydrogen-bond acceptors (Lipinski definition) is 5. The molecule has 1 aromatic heterocycles. The van der Waals surface area contributed by atoms with Crippen molar-refractivity contribution in [3.05, 3.63) is 89.4 Å². The third-order valence-electron chi connectivity index (χ3n) is 7.61. The van der Waals surface area contributed by atoms with Crippen LogP contribution in [-0.2, 0) is 12.1 Å². The van der Waals surface area contributed by atoms with Crippen LogP contribution in [0.15, 0.2) is 66.9 Å². The van der Waals surface area contributed by atoms with Crippen LogP contribution in [0.4, 0.5) is 34.6 Å². The molecule has 1 saturated heterocycles. The molecule has 2 atom stereocenters. The van der Waals surface area contributed by atoms with Crippen LogP contribution in [0.1, 0.15) is 29.5 Å². The molecule has 0 radical (unpaired) electrons. The Bertz CT molecular complexity index is 1550. The fraction of sp³-hybridized carbons (Fsp3) is 0.300. The molecule has 216 valence electrons. The van der Waals surface area contributed by atoms with Gasteiger partial charge in [-0.05, 0) is 54.8 Å². The molecule has 6 N–H and O–H groups in total. The van der Waals surface area contributed by atoms with E-state index in [-0.39, 0.29) is 17.5 Å². The number of anilines is 1. The van der Waals surface area contributed by atoms with Crippen LogP contribution < -0.4 is 10.2 Å². The van der Waals surface area contributed by atoms with Gasteiger partial charge in [0.1, 0.15) is 17.2 Å². The van der Waals surface area contributed by atoms with Gasteiger partial charge in [0.25, 0.3) is 0 Å². The molecule has 0 amide bonds. The summed E-state index contributed by atoms with van der Waals surface area (Å²) in [4.78, 5) is 2.13. The Labute approximate surface area is 233 Å². The minimum Gasteiger partial charge on any atom is -0.394 e. The second-order valence-electron chi connectivity index (χ2n) is 10.3. The minimum absolute atomic E-state index is 0.130. The van der Waals surface area contributed by atoms with Crippen molar-refractivity contribution in [2.24, 2.45) is 0 Å². The molecule has 41 heavy (non-hydrogen) atoms. The van der Waals surface area contributed by atoms with Crippen molar-refractivity contribution in [3.63, 3.8) is 0 Å². The summed E-state index contributed by atoms with van der Waals surface area (Å²) in [5.41, 5.74) is -2.02. The summed E-state index contributed by atoms with van der Waals surface area (Å²) in [6, 6.07) is 14.2. The molecule has 0 spiro atoms. The van der Waals surface area contributed by atoms with Gasteiger partial charge >= 0.3 is 6.18 Å². The van der Waals surface area contributed by atoms with Crippen LogP contribution in [-0.4, -0.2) is 58.1 Å². The maximum absolute atomic E-state index is 14.9. The van der Waals surface area contributed by atoms with Gasteiger partial charge in [-0.3, -0.25) is 5.32 Å². The van der Waals surface area contributed by atoms with Crippen molar-refractivity contribution < 1.29 is 38.2 Å². The van der Waals surface area contributed by atoms with Gasteiger partial charge < -0.3 is 30.2 Å². The summed E-state index contributed by atoms with van der Waals surface area (Å²) in [6.07, 6.45) is -2.29. The molecular formula is C30H31F4N4O3+. The van der Waals surface area contributed by atoms with Crippen molar-refractivity contribution in [2.75, 3.05) is 24.6 Å². The number of benzene rings is 3. The molecule has 4 aromatic rings. The van der Waals surface area contributed by atoms with E-state index in [2.05, 4.69) is 4.90 Å². The number of halogens is 4. The second-order valence-corrected chi connectivity index (χ2v) is 10.3. The number of fused-ring (bicyclic) bond motifs is 1. The number of aromatic nitrogens is 1. The van der Waals surface area contributed by atoms with E-state index in [9.17, 15) is 32.9 Å². The first kappa shape index (κ1) is 28.7. The fourth-order valence-electron chi connectivity index (χ4n) is 5.44. The molecule has 0 bridgehead atoms. The van der Waals surface area contributed by atoms with E-state index in [0.717, 1.165) is 43.9 Å². The zero-order valence-electron chi connectivity index (χ0n) is 22.1. The van der Waals surface area contributed by atoms with Crippen LogP contribution in [0, 0.1) is 11.2 Å². The molecule has 5 rings (SSSR count). The highest BCUT2D eigenvalue weighted by molar-refractivity contribution is 5.89. The first-order valence-corrected chi connectivity index (χ1v) is 13.3. The molecule has 0 aliphatic carbocycles. The first-order valence-electron chi connectivity index (χ1n) is 13.3. The monoisotopic (exact) mass is 571 g/mol. The Morgan fingerprint density at radius 1 is 1.00 bits per heavy atom. The lowest BCUT2D eigenvalue weighted by Crippen LogP contribution is -2.71. The minimum atomic E-state index is -5.16. The third kappa shape index (κ3) is 5.45. The fourth-order valence-corrected chi connectivity index (χ4v) is 5.44. The van der Waals surface area contributed by atoms with Gasteiger partial charge in [-0.2, -0.15) is 13.2 Å². The zero-order chi connectivity index (χ0) is 29.4. The van der Waals surface area contributed by atoms with Crippen LogP contribution in [0.2, 0.25) is 0 Å². The number of aliphatic hydroxyl groups is 3. The van der Waals surface area contributed by atoms with Crippen LogP contribution in [0.25, 0.3) is 10.9 Å². The van der Waals surface area contributed by atoms with E-state index in [0.29, 0.717) is 16.9 Å². The van der Waals surface area contributed by atoms with Crippen molar-refractivity contribution in [1.82, 2.24) is 4.57 Å². The molecule has 7 nitrogen and oxygen atoms in total. The highest BCUT2D eigenvalue weighted by Crippen LogP contribution is 2.48. The van der Waals surface area contributed by atoms with Crippen molar-refractivity contribution in [1.29, 1.82) is 5.41 Å². The summed E-state index contributed by atoms with van der Waals surface area (Å²) in [5.74, 6) is -0.432. The van der Waals surface area contributed by atoms with Gasteiger partial charge in [-0.1, -0.05) is 6.07 Å². The largest absolute Gasteiger partial charge is 0.425 e. The summed E-state index contributed by atoms with van der Waals surface area (Å²) >= 11 is 0. The molecule has 1 aliphatic rings. The van der Waals surface area contributed by atoms with Gasteiger partial charge in [0.15, 0.2) is 0 Å². The second kappa shape index (κ2) is 11.2. The van der Waals surface area contributed by atoms with E-state index in [1.54, 1.807) is 23.5 Å². The Balaban J connectivity index is 1.64. The summed E-state index contributed by atoms with van der Waals surface area (Å²) in [7, 11) is 0. The summed E-state index contributed by atoms with van der Waals surface area (Å²) in [6.45, 7) is 0.873. The average Bonchev–Trinajstić information content (AvgIpc) is 3.62. The normalized spacial score (nSPS) is 16.2. The average molecular weight is 572 g/mol. The van der Waals surface area contributed by atoms with Crippen LogP contribution >= 0.6 is 0 Å². The number of rotatable bonds is 9. The molecule has 3 aromatic carbocycles. The van der Waals surface area contributed by atoms with Crippen molar-refractivity contribution >= 4 is 34.2 Å². The van der Waals surface area contributed by atoms with Gasteiger partial charge in [0.2, 0.25) is 5.60 Å².